The van der Waals surface area contributed by atoms with Crippen LogP contribution in [0.2, 0.25) is 0 Å². The van der Waals surface area contributed by atoms with Gasteiger partial charge in [-0.1, -0.05) is 6.08 Å². The van der Waals surface area contributed by atoms with Crippen LogP contribution in [0.4, 0.5) is 4.79 Å². The van der Waals surface area contributed by atoms with Crippen molar-refractivity contribution in [3.05, 3.63) is 48.2 Å². The number of esters is 1. The number of fused-ring (bicyclic) bond motifs is 1. The average Bonchev–Trinajstić information content (AvgIpc) is 2.63. The zero-order valence-electron chi connectivity index (χ0n) is 14.5. The third-order valence-corrected chi connectivity index (χ3v) is 3.43. The average molecular weight is 357 g/mol. The number of carbonyl (C=O) groups excluding carboxylic acids is 3. The summed E-state index contributed by atoms with van der Waals surface area (Å²) in [5, 5.41) is 5.14. The maximum atomic E-state index is 12.2. The molecule has 136 valence electrons. The SMILES string of the molecule is C=CCNC(=O)NC(=O)COC(=O)c1cc2ccc(OC)cc2nc1C. The van der Waals surface area contributed by atoms with Crippen molar-refractivity contribution in [2.75, 3.05) is 20.3 Å². The number of urea groups is 1. The lowest BCUT2D eigenvalue weighted by Crippen LogP contribution is -2.41. The molecule has 2 N–H and O–H groups in total. The molecule has 2 rings (SSSR count). The summed E-state index contributed by atoms with van der Waals surface area (Å²) in [4.78, 5) is 39.5. The fraction of sp³-hybridized carbons (Fsp3) is 0.222. The van der Waals surface area contributed by atoms with Gasteiger partial charge in [-0.2, -0.15) is 0 Å². The van der Waals surface area contributed by atoms with Crippen LogP contribution in [0, 0.1) is 6.92 Å². The summed E-state index contributed by atoms with van der Waals surface area (Å²) < 4.78 is 10.1. The van der Waals surface area contributed by atoms with Crippen molar-refractivity contribution in [2.45, 2.75) is 6.92 Å². The Labute approximate surface area is 150 Å². The van der Waals surface area contributed by atoms with Crippen molar-refractivity contribution in [2.24, 2.45) is 0 Å². The van der Waals surface area contributed by atoms with Gasteiger partial charge in [0, 0.05) is 18.0 Å². The highest BCUT2D eigenvalue weighted by Gasteiger charge is 2.16. The molecule has 0 atom stereocenters. The van der Waals surface area contributed by atoms with Crippen LogP contribution in [0.5, 0.6) is 5.75 Å². The van der Waals surface area contributed by atoms with Crippen molar-refractivity contribution in [1.29, 1.82) is 0 Å². The molecule has 1 aromatic heterocycles. The molecule has 0 bridgehead atoms. The molecule has 0 saturated heterocycles. The van der Waals surface area contributed by atoms with Gasteiger partial charge in [-0.25, -0.2) is 9.59 Å². The maximum absolute atomic E-state index is 12.2. The van der Waals surface area contributed by atoms with E-state index in [0.29, 0.717) is 17.0 Å². The van der Waals surface area contributed by atoms with Crippen LogP contribution >= 0.6 is 0 Å². The van der Waals surface area contributed by atoms with Gasteiger partial charge in [0.05, 0.1) is 23.9 Å². The van der Waals surface area contributed by atoms with Gasteiger partial charge >= 0.3 is 12.0 Å². The number of pyridine rings is 1. The predicted octanol–water partition coefficient (Wildman–Crippen LogP) is 1.72. The Morgan fingerprint density at radius 2 is 2.04 bits per heavy atom. The molecule has 8 nitrogen and oxygen atoms in total. The summed E-state index contributed by atoms with van der Waals surface area (Å²) in [6, 6.07) is 6.22. The smallest absolute Gasteiger partial charge is 0.340 e. The van der Waals surface area contributed by atoms with E-state index in [1.54, 1.807) is 38.3 Å². The molecule has 3 amide bonds. The summed E-state index contributed by atoms with van der Waals surface area (Å²) in [5.74, 6) is -0.781. The molecule has 2 aromatic rings. The zero-order chi connectivity index (χ0) is 19.1. The molecule has 0 unspecified atom stereocenters. The second-order valence-corrected chi connectivity index (χ2v) is 5.30. The summed E-state index contributed by atoms with van der Waals surface area (Å²) in [6.07, 6.45) is 1.47. The topological polar surface area (TPSA) is 107 Å². The van der Waals surface area contributed by atoms with E-state index < -0.39 is 24.5 Å². The first-order chi connectivity index (χ1) is 12.4. The number of carbonyl (C=O) groups is 3. The molecule has 1 aromatic carbocycles. The maximum Gasteiger partial charge on any atom is 0.340 e. The van der Waals surface area contributed by atoms with Gasteiger partial charge < -0.3 is 14.8 Å². The van der Waals surface area contributed by atoms with Gasteiger partial charge in [0.15, 0.2) is 6.61 Å². The first kappa shape index (κ1) is 18.9. The lowest BCUT2D eigenvalue weighted by Gasteiger charge is -2.09. The number of aryl methyl sites for hydroxylation is 1. The molecule has 0 aliphatic heterocycles. The third-order valence-electron chi connectivity index (χ3n) is 3.43. The van der Waals surface area contributed by atoms with Crippen molar-refractivity contribution in [1.82, 2.24) is 15.6 Å². The number of ether oxygens (including phenoxy) is 2. The molecule has 0 aliphatic carbocycles. The third kappa shape index (κ3) is 4.79. The zero-order valence-corrected chi connectivity index (χ0v) is 14.5. The number of imide groups is 1. The van der Waals surface area contributed by atoms with Crippen LogP contribution in [-0.4, -0.2) is 43.2 Å². The van der Waals surface area contributed by atoms with E-state index in [-0.39, 0.29) is 12.1 Å². The minimum Gasteiger partial charge on any atom is -0.497 e. The van der Waals surface area contributed by atoms with Gasteiger partial charge in [0.1, 0.15) is 5.75 Å². The van der Waals surface area contributed by atoms with E-state index in [1.165, 1.54) is 6.08 Å². The molecule has 0 radical (unpaired) electrons. The highest BCUT2D eigenvalue weighted by molar-refractivity contribution is 5.98. The van der Waals surface area contributed by atoms with Gasteiger partial charge in [-0.3, -0.25) is 15.1 Å². The standard InChI is InChI=1S/C18H19N3O5/c1-4-7-19-18(24)21-16(22)10-26-17(23)14-8-12-5-6-13(25-3)9-15(12)20-11(14)2/h4-6,8-9H,1,7,10H2,2-3H3,(H2,19,21,22,24). The molecule has 0 spiro atoms. The second-order valence-electron chi connectivity index (χ2n) is 5.30. The summed E-state index contributed by atoms with van der Waals surface area (Å²) in [6.45, 7) is 4.73. The number of amides is 3. The van der Waals surface area contributed by atoms with Gasteiger partial charge in [-0.05, 0) is 25.1 Å². The fourth-order valence-corrected chi connectivity index (χ4v) is 2.16. The lowest BCUT2D eigenvalue weighted by molar-refractivity contribution is -0.123. The minimum absolute atomic E-state index is 0.214. The number of hydrogen-bond acceptors (Lipinski definition) is 6. The van der Waals surface area contributed by atoms with Gasteiger partial charge in [-0.15, -0.1) is 6.58 Å². The summed E-state index contributed by atoms with van der Waals surface area (Å²) in [7, 11) is 1.56. The highest BCUT2D eigenvalue weighted by Crippen LogP contribution is 2.22. The van der Waals surface area contributed by atoms with E-state index in [2.05, 4.69) is 16.9 Å². The van der Waals surface area contributed by atoms with E-state index >= 15 is 0 Å². The van der Waals surface area contributed by atoms with Crippen LogP contribution in [0.3, 0.4) is 0 Å². The Morgan fingerprint density at radius 1 is 1.27 bits per heavy atom. The Hall–Kier alpha value is -3.42. The lowest BCUT2D eigenvalue weighted by atomic mass is 10.1. The largest absolute Gasteiger partial charge is 0.497 e. The van der Waals surface area contributed by atoms with Crippen molar-refractivity contribution in [3.8, 4) is 5.75 Å². The summed E-state index contributed by atoms with van der Waals surface area (Å²) >= 11 is 0. The van der Waals surface area contributed by atoms with Crippen LogP contribution in [0.15, 0.2) is 36.9 Å². The first-order valence-electron chi connectivity index (χ1n) is 7.75. The number of hydrogen-bond donors (Lipinski definition) is 2. The number of benzene rings is 1. The van der Waals surface area contributed by atoms with E-state index in [1.807, 2.05) is 5.32 Å². The van der Waals surface area contributed by atoms with Gasteiger partial charge in [0.25, 0.3) is 5.91 Å². The number of rotatable bonds is 6. The molecule has 0 saturated carbocycles. The van der Waals surface area contributed by atoms with E-state index in [9.17, 15) is 14.4 Å². The normalized spacial score (nSPS) is 10.1. The quantitative estimate of drug-likeness (QED) is 0.602. The monoisotopic (exact) mass is 357 g/mol. The molecular weight excluding hydrogens is 338 g/mol. The minimum atomic E-state index is -0.740. The Balaban J connectivity index is 2.03. The van der Waals surface area contributed by atoms with Gasteiger partial charge in [0.2, 0.25) is 0 Å². The Morgan fingerprint density at radius 3 is 2.73 bits per heavy atom. The van der Waals surface area contributed by atoms with Crippen molar-refractivity contribution < 1.29 is 23.9 Å². The Kier molecular flexibility index (Phi) is 6.26. The van der Waals surface area contributed by atoms with Crippen LogP contribution in [0.1, 0.15) is 16.1 Å². The number of aromatic nitrogens is 1. The highest BCUT2D eigenvalue weighted by atomic mass is 16.5. The van der Waals surface area contributed by atoms with E-state index in [4.69, 9.17) is 9.47 Å². The van der Waals surface area contributed by atoms with Crippen LogP contribution in [0.25, 0.3) is 10.9 Å². The number of methoxy groups -OCH3 is 1. The molecule has 8 heteroatoms. The first-order valence-corrected chi connectivity index (χ1v) is 7.75. The molecular formula is C18H19N3O5. The van der Waals surface area contributed by atoms with Crippen molar-refractivity contribution >= 4 is 28.8 Å². The molecule has 1 heterocycles. The second kappa shape index (κ2) is 8.61. The molecule has 0 fully saturated rings. The summed E-state index contributed by atoms with van der Waals surface area (Å²) in [5.41, 5.74) is 1.38. The fourth-order valence-electron chi connectivity index (χ4n) is 2.16. The van der Waals surface area contributed by atoms with Crippen molar-refractivity contribution in [3.63, 3.8) is 0 Å². The number of nitrogens with zero attached hydrogens (tertiary/aromatic N) is 1. The van der Waals surface area contributed by atoms with E-state index in [0.717, 1.165) is 5.39 Å². The number of nitrogens with one attached hydrogen (secondary N) is 2. The predicted molar refractivity (Wildman–Crippen MR) is 95.1 cm³/mol. The Bertz CT molecular complexity index is 863. The molecule has 0 aliphatic rings. The molecule has 26 heavy (non-hydrogen) atoms. The van der Waals surface area contributed by atoms with Crippen LogP contribution < -0.4 is 15.4 Å². The van der Waals surface area contributed by atoms with Crippen LogP contribution in [-0.2, 0) is 9.53 Å².